The molecule has 0 radical (unpaired) electrons. The third-order valence-corrected chi connectivity index (χ3v) is 5.29. The summed E-state index contributed by atoms with van der Waals surface area (Å²) in [5.74, 6) is 0.652. The minimum Gasteiger partial charge on any atom is -0.497 e. The van der Waals surface area contributed by atoms with Gasteiger partial charge in [-0.2, -0.15) is 0 Å². The topological polar surface area (TPSA) is 83.6 Å². The van der Waals surface area contributed by atoms with Gasteiger partial charge in [-0.05, 0) is 24.3 Å². The predicted molar refractivity (Wildman–Crippen MR) is 106 cm³/mol. The molecular weight excluding hydrogens is 364 g/mol. The fourth-order valence-corrected chi connectivity index (χ4v) is 3.94. The van der Waals surface area contributed by atoms with Crippen molar-refractivity contribution in [1.82, 2.24) is 10.3 Å². The van der Waals surface area contributed by atoms with Crippen molar-refractivity contribution < 1.29 is 14.3 Å². The SMILES string of the molecule is COc1cccc(N2C[C@@H](NC(=O)Nc3nc4ccccc4s3)CC2=O)c1. The van der Waals surface area contributed by atoms with E-state index in [2.05, 4.69) is 15.6 Å². The van der Waals surface area contributed by atoms with E-state index in [4.69, 9.17) is 4.74 Å². The van der Waals surface area contributed by atoms with E-state index in [0.29, 0.717) is 17.4 Å². The zero-order valence-electron chi connectivity index (χ0n) is 14.6. The molecule has 2 heterocycles. The molecule has 0 bridgehead atoms. The number of para-hydroxylation sites is 1. The average Bonchev–Trinajstić information content (AvgIpc) is 3.24. The van der Waals surface area contributed by atoms with E-state index >= 15 is 0 Å². The van der Waals surface area contributed by atoms with Crippen molar-refractivity contribution in [3.8, 4) is 5.75 Å². The smallest absolute Gasteiger partial charge is 0.321 e. The van der Waals surface area contributed by atoms with Crippen LogP contribution < -0.4 is 20.3 Å². The summed E-state index contributed by atoms with van der Waals surface area (Å²) in [6.45, 7) is 0.416. The molecule has 4 rings (SSSR count). The summed E-state index contributed by atoms with van der Waals surface area (Å²) in [5, 5.41) is 6.14. The van der Waals surface area contributed by atoms with Crippen molar-refractivity contribution in [1.29, 1.82) is 0 Å². The molecule has 1 saturated heterocycles. The quantitative estimate of drug-likeness (QED) is 0.726. The minimum atomic E-state index is -0.362. The van der Waals surface area contributed by atoms with Crippen molar-refractivity contribution in [2.45, 2.75) is 12.5 Å². The summed E-state index contributed by atoms with van der Waals surface area (Å²) in [5.41, 5.74) is 1.60. The fraction of sp³-hybridized carbons (Fsp3) is 0.211. The van der Waals surface area contributed by atoms with Gasteiger partial charge in [0.2, 0.25) is 5.91 Å². The number of methoxy groups -OCH3 is 1. The highest BCUT2D eigenvalue weighted by Gasteiger charge is 2.31. The van der Waals surface area contributed by atoms with E-state index in [0.717, 1.165) is 15.9 Å². The highest BCUT2D eigenvalue weighted by molar-refractivity contribution is 7.22. The van der Waals surface area contributed by atoms with Gasteiger partial charge in [-0.1, -0.05) is 29.5 Å². The van der Waals surface area contributed by atoms with Gasteiger partial charge in [0.05, 0.1) is 23.4 Å². The van der Waals surface area contributed by atoms with Gasteiger partial charge in [0.25, 0.3) is 0 Å². The zero-order chi connectivity index (χ0) is 18.8. The fourth-order valence-electron chi connectivity index (χ4n) is 3.08. The van der Waals surface area contributed by atoms with Crippen LogP contribution >= 0.6 is 11.3 Å². The van der Waals surface area contributed by atoms with Crippen LogP contribution in [0, 0.1) is 0 Å². The number of hydrogen-bond acceptors (Lipinski definition) is 5. The van der Waals surface area contributed by atoms with E-state index in [1.165, 1.54) is 11.3 Å². The second-order valence-corrected chi connectivity index (χ2v) is 7.22. The number of urea groups is 1. The monoisotopic (exact) mass is 382 g/mol. The maximum absolute atomic E-state index is 12.3. The van der Waals surface area contributed by atoms with Crippen LogP contribution in [0.15, 0.2) is 48.5 Å². The summed E-state index contributed by atoms with van der Waals surface area (Å²) in [6, 6.07) is 14.4. The Morgan fingerprint density at radius 2 is 2.11 bits per heavy atom. The van der Waals surface area contributed by atoms with E-state index in [9.17, 15) is 9.59 Å². The van der Waals surface area contributed by atoms with Crippen LogP contribution in [-0.2, 0) is 4.79 Å². The number of hydrogen-bond donors (Lipinski definition) is 2. The summed E-state index contributed by atoms with van der Waals surface area (Å²) in [6.07, 6.45) is 0.254. The number of aromatic nitrogens is 1. The molecular formula is C19H18N4O3S. The lowest BCUT2D eigenvalue weighted by Gasteiger charge is -2.18. The Morgan fingerprint density at radius 3 is 2.93 bits per heavy atom. The van der Waals surface area contributed by atoms with Crippen LogP contribution in [0.4, 0.5) is 15.6 Å². The number of nitrogens with zero attached hydrogens (tertiary/aromatic N) is 2. The number of fused-ring (bicyclic) bond motifs is 1. The van der Waals surface area contributed by atoms with E-state index in [1.807, 2.05) is 48.5 Å². The van der Waals surface area contributed by atoms with Gasteiger partial charge in [0, 0.05) is 24.7 Å². The zero-order valence-corrected chi connectivity index (χ0v) is 15.5. The van der Waals surface area contributed by atoms with Gasteiger partial charge >= 0.3 is 6.03 Å². The van der Waals surface area contributed by atoms with Crippen LogP contribution in [0.3, 0.4) is 0 Å². The lowest BCUT2D eigenvalue weighted by molar-refractivity contribution is -0.117. The molecule has 7 nitrogen and oxygen atoms in total. The van der Waals surface area contributed by atoms with Crippen LogP contribution in [-0.4, -0.2) is 36.6 Å². The van der Waals surface area contributed by atoms with Gasteiger partial charge < -0.3 is 15.0 Å². The van der Waals surface area contributed by atoms with Crippen LogP contribution in [0.2, 0.25) is 0 Å². The number of carbonyl (C=O) groups is 2. The summed E-state index contributed by atoms with van der Waals surface area (Å²) in [4.78, 5) is 30.7. The molecule has 1 atom stereocenters. The standard InChI is InChI=1S/C19H18N4O3S/c1-26-14-6-4-5-13(10-14)23-11-12(9-17(23)24)20-18(25)22-19-21-15-7-2-3-8-16(15)27-19/h2-8,10,12H,9,11H2,1H3,(H2,20,21,22,25)/t12-/m0/s1. The Bertz CT molecular complexity index is 970. The van der Waals surface area contributed by atoms with E-state index in [1.54, 1.807) is 12.0 Å². The number of anilines is 2. The van der Waals surface area contributed by atoms with Crippen LogP contribution in [0.1, 0.15) is 6.42 Å². The lowest BCUT2D eigenvalue weighted by atomic mass is 10.2. The van der Waals surface area contributed by atoms with Crippen molar-refractivity contribution >= 4 is 44.3 Å². The number of rotatable bonds is 4. The molecule has 1 aliphatic rings. The Labute approximate surface area is 160 Å². The lowest BCUT2D eigenvalue weighted by Crippen LogP contribution is -2.39. The average molecular weight is 382 g/mol. The van der Waals surface area contributed by atoms with E-state index in [-0.39, 0.29) is 24.4 Å². The number of nitrogens with one attached hydrogen (secondary N) is 2. The maximum Gasteiger partial charge on any atom is 0.321 e. The molecule has 8 heteroatoms. The van der Waals surface area contributed by atoms with Crippen LogP contribution in [0.5, 0.6) is 5.75 Å². The first-order chi connectivity index (χ1) is 13.1. The first-order valence-electron chi connectivity index (χ1n) is 8.50. The third-order valence-electron chi connectivity index (χ3n) is 4.34. The largest absolute Gasteiger partial charge is 0.497 e. The van der Waals surface area contributed by atoms with Gasteiger partial charge in [0.1, 0.15) is 5.75 Å². The molecule has 1 aromatic heterocycles. The van der Waals surface area contributed by atoms with Crippen molar-refractivity contribution in [2.75, 3.05) is 23.9 Å². The van der Waals surface area contributed by atoms with Gasteiger partial charge in [-0.25, -0.2) is 9.78 Å². The van der Waals surface area contributed by atoms with Crippen molar-refractivity contribution in [3.05, 3.63) is 48.5 Å². The molecule has 0 spiro atoms. The molecule has 1 aliphatic heterocycles. The molecule has 2 aromatic carbocycles. The van der Waals surface area contributed by atoms with Crippen LogP contribution in [0.25, 0.3) is 10.2 Å². The first-order valence-corrected chi connectivity index (χ1v) is 9.31. The van der Waals surface area contributed by atoms with Crippen molar-refractivity contribution in [3.63, 3.8) is 0 Å². The molecule has 138 valence electrons. The Morgan fingerprint density at radius 1 is 1.26 bits per heavy atom. The van der Waals surface area contributed by atoms with Crippen molar-refractivity contribution in [2.24, 2.45) is 0 Å². The Kier molecular flexibility index (Phi) is 4.64. The third kappa shape index (κ3) is 3.70. The Hall–Kier alpha value is -3.13. The first kappa shape index (κ1) is 17.3. The number of benzene rings is 2. The highest BCUT2D eigenvalue weighted by atomic mass is 32.1. The summed E-state index contributed by atoms with van der Waals surface area (Å²) >= 11 is 1.41. The van der Waals surface area contributed by atoms with Gasteiger partial charge in [-0.3, -0.25) is 10.1 Å². The number of amides is 3. The second-order valence-electron chi connectivity index (χ2n) is 6.19. The number of ether oxygens (including phenoxy) is 1. The molecule has 2 N–H and O–H groups in total. The van der Waals surface area contributed by atoms with Gasteiger partial charge in [0.15, 0.2) is 5.13 Å². The van der Waals surface area contributed by atoms with Gasteiger partial charge in [-0.15, -0.1) is 0 Å². The Balaban J connectivity index is 1.39. The molecule has 0 aliphatic carbocycles. The molecule has 3 aromatic rings. The highest BCUT2D eigenvalue weighted by Crippen LogP contribution is 2.27. The maximum atomic E-state index is 12.3. The molecule has 0 saturated carbocycles. The predicted octanol–water partition coefficient (Wildman–Crippen LogP) is 3.23. The molecule has 0 unspecified atom stereocenters. The normalized spacial score (nSPS) is 16.6. The van der Waals surface area contributed by atoms with E-state index < -0.39 is 0 Å². The second kappa shape index (κ2) is 7.24. The minimum absolute atomic E-state index is 0.0338. The molecule has 3 amide bonds. The molecule has 27 heavy (non-hydrogen) atoms. The summed E-state index contributed by atoms with van der Waals surface area (Å²) < 4.78 is 6.22. The number of carbonyl (C=O) groups excluding carboxylic acids is 2. The molecule has 1 fully saturated rings. The number of thiazole rings is 1. The summed E-state index contributed by atoms with van der Waals surface area (Å²) in [7, 11) is 1.58.